The number of hydrogen-bond donors (Lipinski definition) is 1. The highest BCUT2D eigenvalue weighted by molar-refractivity contribution is 5.73. The molecule has 1 saturated heterocycles. The summed E-state index contributed by atoms with van der Waals surface area (Å²) in [4.78, 5) is 20.9. The molecule has 0 spiro atoms. The van der Waals surface area contributed by atoms with Gasteiger partial charge >= 0.3 is 6.03 Å². The maximum absolute atomic E-state index is 12.5. The van der Waals surface area contributed by atoms with E-state index in [2.05, 4.69) is 45.9 Å². The molecule has 2 amide bonds. The molecule has 1 aliphatic heterocycles. The van der Waals surface area contributed by atoms with E-state index < -0.39 is 0 Å². The Morgan fingerprint density at radius 2 is 2.12 bits per heavy atom. The Morgan fingerprint density at radius 1 is 1.35 bits per heavy atom. The molecule has 0 radical (unpaired) electrons. The van der Waals surface area contributed by atoms with Crippen molar-refractivity contribution in [1.82, 2.24) is 24.7 Å². The molecule has 0 unspecified atom stereocenters. The second-order valence-electron chi connectivity index (χ2n) is 7.77. The third kappa shape index (κ3) is 4.64. The molecule has 0 saturated carbocycles. The van der Waals surface area contributed by atoms with Crippen molar-refractivity contribution >= 4 is 6.03 Å². The highest BCUT2D eigenvalue weighted by atomic mass is 16.2. The summed E-state index contributed by atoms with van der Waals surface area (Å²) in [6, 6.07) is 10.2. The van der Waals surface area contributed by atoms with Gasteiger partial charge in [0, 0.05) is 39.1 Å². The number of carbonyl (C=O) groups excluding carboxylic acids is 1. The predicted molar refractivity (Wildman–Crippen MR) is 103 cm³/mol. The van der Waals surface area contributed by atoms with Crippen LogP contribution in [-0.2, 0) is 13.1 Å². The average Bonchev–Trinajstić information content (AvgIpc) is 3.20. The number of aromatic nitrogens is 2. The highest BCUT2D eigenvalue weighted by Crippen LogP contribution is 2.27. The summed E-state index contributed by atoms with van der Waals surface area (Å²) in [6.07, 6.45) is 4.87. The van der Waals surface area contributed by atoms with Gasteiger partial charge in [-0.3, -0.25) is 0 Å². The molecule has 2 heterocycles. The number of hydrogen-bond acceptors (Lipinski definition) is 3. The zero-order valence-corrected chi connectivity index (χ0v) is 16.0. The van der Waals surface area contributed by atoms with Crippen LogP contribution in [0.25, 0.3) is 0 Å². The summed E-state index contributed by atoms with van der Waals surface area (Å²) in [5, 5.41) is 3.09. The zero-order valence-electron chi connectivity index (χ0n) is 16.0. The quantitative estimate of drug-likeness (QED) is 0.866. The van der Waals surface area contributed by atoms with Gasteiger partial charge in [-0.2, -0.15) is 0 Å². The lowest BCUT2D eigenvalue weighted by Crippen LogP contribution is -2.43. The van der Waals surface area contributed by atoms with Crippen LogP contribution in [0.15, 0.2) is 42.7 Å². The summed E-state index contributed by atoms with van der Waals surface area (Å²) in [7, 11) is 3.95. The Morgan fingerprint density at radius 3 is 2.81 bits per heavy atom. The molecule has 1 aromatic heterocycles. The van der Waals surface area contributed by atoms with E-state index in [1.807, 2.05) is 31.4 Å². The molecule has 1 atom stereocenters. The Bertz CT molecular complexity index is 729. The number of imidazole rings is 1. The monoisotopic (exact) mass is 355 g/mol. The van der Waals surface area contributed by atoms with E-state index >= 15 is 0 Å². The Hall–Kier alpha value is -2.34. The lowest BCUT2D eigenvalue weighted by Gasteiger charge is -2.26. The van der Waals surface area contributed by atoms with Gasteiger partial charge in [0.25, 0.3) is 0 Å². The number of urea groups is 1. The van der Waals surface area contributed by atoms with Crippen LogP contribution in [0, 0.1) is 5.41 Å². The van der Waals surface area contributed by atoms with Crippen LogP contribution in [-0.4, -0.2) is 59.1 Å². The van der Waals surface area contributed by atoms with Gasteiger partial charge < -0.3 is 19.7 Å². The van der Waals surface area contributed by atoms with Crippen molar-refractivity contribution in [2.45, 2.75) is 26.4 Å². The highest BCUT2D eigenvalue weighted by Gasteiger charge is 2.32. The molecule has 3 rings (SSSR count). The fourth-order valence-corrected chi connectivity index (χ4v) is 3.54. The normalized spacial score (nSPS) is 20.3. The van der Waals surface area contributed by atoms with Gasteiger partial charge in [0.05, 0.1) is 6.54 Å². The first-order chi connectivity index (χ1) is 12.5. The molecule has 1 fully saturated rings. The Kier molecular flexibility index (Phi) is 5.61. The van der Waals surface area contributed by atoms with E-state index in [1.165, 1.54) is 5.56 Å². The maximum Gasteiger partial charge on any atom is 0.317 e. The lowest BCUT2D eigenvalue weighted by atomic mass is 9.90. The van der Waals surface area contributed by atoms with Crippen LogP contribution < -0.4 is 5.32 Å². The van der Waals surface area contributed by atoms with Gasteiger partial charge in [-0.15, -0.1) is 0 Å². The van der Waals surface area contributed by atoms with Gasteiger partial charge in [-0.25, -0.2) is 9.78 Å². The van der Waals surface area contributed by atoms with Gasteiger partial charge in [0.15, 0.2) is 0 Å². The van der Waals surface area contributed by atoms with Crippen molar-refractivity contribution in [1.29, 1.82) is 0 Å². The topological polar surface area (TPSA) is 53.4 Å². The molecular weight excluding hydrogens is 326 g/mol. The van der Waals surface area contributed by atoms with Crippen molar-refractivity contribution in [3.8, 4) is 0 Å². The molecule has 6 heteroatoms. The minimum atomic E-state index is -0.0463. The summed E-state index contributed by atoms with van der Waals surface area (Å²) in [5.74, 6) is 0.887. The van der Waals surface area contributed by atoms with E-state index in [4.69, 9.17) is 0 Å². The van der Waals surface area contributed by atoms with Crippen LogP contribution >= 0.6 is 0 Å². The van der Waals surface area contributed by atoms with Crippen LogP contribution in [0.2, 0.25) is 0 Å². The zero-order chi connectivity index (χ0) is 18.6. The molecule has 1 N–H and O–H groups in total. The number of amides is 2. The first-order valence-electron chi connectivity index (χ1n) is 9.17. The van der Waals surface area contributed by atoms with Gasteiger partial charge in [0.1, 0.15) is 5.82 Å². The van der Waals surface area contributed by atoms with Crippen molar-refractivity contribution in [3.63, 3.8) is 0 Å². The SMILES string of the molecule is CN1CC[C@@](C)(CNC(=O)N(C)Cc2nccn2Cc2ccccc2)C1. The predicted octanol–water partition coefficient (Wildman–Crippen LogP) is 2.41. The number of likely N-dealkylation sites (tertiary alicyclic amines) is 1. The fourth-order valence-electron chi connectivity index (χ4n) is 3.54. The third-order valence-electron chi connectivity index (χ3n) is 5.14. The minimum absolute atomic E-state index is 0.0463. The molecule has 1 aliphatic rings. The van der Waals surface area contributed by atoms with Crippen molar-refractivity contribution in [3.05, 3.63) is 54.1 Å². The summed E-state index contributed by atoms with van der Waals surface area (Å²) < 4.78 is 2.09. The summed E-state index contributed by atoms with van der Waals surface area (Å²) >= 11 is 0. The Balaban J connectivity index is 1.54. The van der Waals surface area contributed by atoms with E-state index in [-0.39, 0.29) is 11.4 Å². The smallest absolute Gasteiger partial charge is 0.317 e. The third-order valence-corrected chi connectivity index (χ3v) is 5.14. The van der Waals surface area contributed by atoms with Gasteiger partial charge in [-0.1, -0.05) is 37.3 Å². The molecule has 2 aromatic rings. The molecule has 6 nitrogen and oxygen atoms in total. The number of carbonyl (C=O) groups is 1. The van der Waals surface area contributed by atoms with Crippen LogP contribution in [0.5, 0.6) is 0 Å². The second-order valence-corrected chi connectivity index (χ2v) is 7.77. The van der Waals surface area contributed by atoms with Crippen molar-refractivity contribution in [2.75, 3.05) is 33.7 Å². The van der Waals surface area contributed by atoms with E-state index in [0.29, 0.717) is 13.1 Å². The first-order valence-corrected chi connectivity index (χ1v) is 9.17. The average molecular weight is 355 g/mol. The van der Waals surface area contributed by atoms with E-state index in [9.17, 15) is 4.79 Å². The lowest BCUT2D eigenvalue weighted by molar-refractivity contribution is 0.197. The number of rotatable bonds is 6. The largest absolute Gasteiger partial charge is 0.337 e. The molecule has 0 aliphatic carbocycles. The number of nitrogens with one attached hydrogen (secondary N) is 1. The summed E-state index contributed by atoms with van der Waals surface area (Å²) in [6.45, 7) is 6.32. The first kappa shape index (κ1) is 18.5. The van der Waals surface area contributed by atoms with Crippen LogP contribution in [0.3, 0.4) is 0 Å². The number of benzene rings is 1. The van der Waals surface area contributed by atoms with Crippen molar-refractivity contribution < 1.29 is 4.79 Å². The van der Waals surface area contributed by atoms with Gasteiger partial charge in [0.2, 0.25) is 0 Å². The molecule has 0 bridgehead atoms. The molecular formula is C20H29N5O. The maximum atomic E-state index is 12.5. The standard InChI is InChI=1S/C20H29N5O/c1-20(9-11-23(2)16-20)15-22-19(26)24(3)14-18-21-10-12-25(18)13-17-7-5-4-6-8-17/h4-8,10,12H,9,11,13-16H2,1-3H3,(H,22,26)/t20-/m0/s1. The van der Waals surface area contributed by atoms with Crippen molar-refractivity contribution in [2.24, 2.45) is 5.41 Å². The molecule has 26 heavy (non-hydrogen) atoms. The van der Waals surface area contributed by atoms with E-state index in [0.717, 1.165) is 31.9 Å². The van der Waals surface area contributed by atoms with Crippen LogP contribution in [0.1, 0.15) is 24.7 Å². The minimum Gasteiger partial charge on any atom is -0.337 e. The van der Waals surface area contributed by atoms with Crippen LogP contribution in [0.4, 0.5) is 4.79 Å². The number of nitrogens with zero attached hydrogens (tertiary/aromatic N) is 4. The van der Waals surface area contributed by atoms with E-state index in [1.54, 1.807) is 11.1 Å². The molecule has 1 aromatic carbocycles. The summed E-state index contributed by atoms with van der Waals surface area (Å²) in [5.41, 5.74) is 1.38. The molecule has 140 valence electrons. The Labute approximate surface area is 155 Å². The van der Waals surface area contributed by atoms with Gasteiger partial charge in [-0.05, 0) is 31.0 Å². The second kappa shape index (κ2) is 7.91. The fraction of sp³-hybridized carbons (Fsp3) is 0.500.